The van der Waals surface area contributed by atoms with Gasteiger partial charge in [-0.25, -0.2) is 4.79 Å². The lowest BCUT2D eigenvalue weighted by Crippen LogP contribution is -2.18. The number of ether oxygens (including phenoxy) is 2. The number of esters is 1. The molecule has 1 aliphatic rings. The van der Waals surface area contributed by atoms with Crippen LogP contribution in [0.25, 0.3) is 6.08 Å². The number of carbonyl (C=O) groups is 2. The maximum atomic E-state index is 13.1. The Morgan fingerprint density at radius 3 is 2.31 bits per heavy atom. The Kier molecular flexibility index (Phi) is 5.87. The quantitative estimate of drug-likeness (QED) is 0.424. The normalized spacial score (nSPS) is 15.3. The molecule has 0 bridgehead atoms. The highest BCUT2D eigenvalue weighted by molar-refractivity contribution is 6.30. The molecule has 29 heavy (non-hydrogen) atoms. The van der Waals surface area contributed by atoms with Crippen LogP contribution in [0.1, 0.15) is 30.5 Å². The molecule has 3 rings (SSSR count). The van der Waals surface area contributed by atoms with Crippen LogP contribution in [-0.4, -0.2) is 25.5 Å². The Morgan fingerprint density at radius 1 is 1.03 bits per heavy atom. The zero-order chi connectivity index (χ0) is 21.1. The van der Waals surface area contributed by atoms with E-state index in [1.54, 1.807) is 13.0 Å². The first-order valence-corrected chi connectivity index (χ1v) is 9.53. The van der Waals surface area contributed by atoms with E-state index in [0.717, 1.165) is 28.1 Å². The van der Waals surface area contributed by atoms with Crippen molar-refractivity contribution in [3.8, 4) is 5.75 Å². The van der Waals surface area contributed by atoms with Crippen LogP contribution in [0.2, 0.25) is 0 Å². The number of methoxy groups -OCH3 is 1. The second-order valence-corrected chi connectivity index (χ2v) is 6.92. The second kappa shape index (κ2) is 8.35. The number of allylic oxidation sites excluding steroid dienone is 2. The lowest BCUT2D eigenvalue weighted by molar-refractivity contribution is -0.137. The largest absolute Gasteiger partial charge is 0.494 e. The molecule has 5 nitrogen and oxygen atoms in total. The molecule has 0 amide bonds. The van der Waals surface area contributed by atoms with Crippen LogP contribution in [-0.2, 0) is 14.3 Å². The Bertz CT molecular complexity index is 1020. The minimum atomic E-state index is -0.628. The van der Waals surface area contributed by atoms with Crippen molar-refractivity contribution in [3.63, 3.8) is 0 Å². The number of aryl methyl sites for hydroxylation is 2. The van der Waals surface area contributed by atoms with Crippen LogP contribution in [0.4, 0.5) is 5.69 Å². The molecule has 0 radical (unpaired) electrons. The molecule has 2 aromatic carbocycles. The summed E-state index contributed by atoms with van der Waals surface area (Å²) in [5, 5.41) is 0. The van der Waals surface area contributed by atoms with Crippen molar-refractivity contribution in [2.75, 3.05) is 18.6 Å². The van der Waals surface area contributed by atoms with Gasteiger partial charge < -0.3 is 14.4 Å². The molecule has 1 aliphatic heterocycles. The van der Waals surface area contributed by atoms with Crippen molar-refractivity contribution in [1.82, 2.24) is 0 Å². The number of ketones is 1. The number of anilines is 1. The van der Waals surface area contributed by atoms with E-state index in [9.17, 15) is 9.59 Å². The summed E-state index contributed by atoms with van der Waals surface area (Å²) in [5.74, 6) is -0.208. The highest BCUT2D eigenvalue weighted by Gasteiger charge is 2.38. The molecule has 0 saturated heterocycles. The number of Topliss-reactive ketones (excluding diaryl/α,β-unsaturated/α-hetero) is 1. The van der Waals surface area contributed by atoms with Gasteiger partial charge in [-0.3, -0.25) is 4.79 Å². The van der Waals surface area contributed by atoms with Crippen LogP contribution >= 0.6 is 0 Å². The average molecular weight is 391 g/mol. The third-order valence-electron chi connectivity index (χ3n) is 5.03. The van der Waals surface area contributed by atoms with E-state index in [0.29, 0.717) is 18.0 Å². The molecule has 0 spiro atoms. The smallest absolute Gasteiger partial charge is 0.343 e. The SMILES string of the molecule is CCOc1ccc(/C=C2\C(=O)C(C(=O)OC)=C(C)N2c2ccc(C)c(C)c2)cc1. The highest BCUT2D eigenvalue weighted by Crippen LogP contribution is 2.36. The van der Waals surface area contributed by atoms with Crippen LogP contribution in [0.15, 0.2) is 59.4 Å². The van der Waals surface area contributed by atoms with Gasteiger partial charge in [-0.2, -0.15) is 0 Å². The van der Waals surface area contributed by atoms with Gasteiger partial charge in [0.1, 0.15) is 11.3 Å². The zero-order valence-electron chi connectivity index (χ0n) is 17.4. The number of nitrogens with zero attached hydrogens (tertiary/aromatic N) is 1. The minimum absolute atomic E-state index is 0.0583. The van der Waals surface area contributed by atoms with Gasteiger partial charge in [0, 0.05) is 11.4 Å². The fraction of sp³-hybridized carbons (Fsp3) is 0.250. The van der Waals surface area contributed by atoms with Gasteiger partial charge in [0.25, 0.3) is 0 Å². The van der Waals surface area contributed by atoms with Gasteiger partial charge in [-0.05, 0) is 74.7 Å². The van der Waals surface area contributed by atoms with Gasteiger partial charge in [-0.1, -0.05) is 18.2 Å². The van der Waals surface area contributed by atoms with Crippen LogP contribution < -0.4 is 9.64 Å². The first kappa shape index (κ1) is 20.4. The first-order valence-electron chi connectivity index (χ1n) is 9.53. The Hall–Kier alpha value is -3.34. The summed E-state index contributed by atoms with van der Waals surface area (Å²) in [6, 6.07) is 13.5. The average Bonchev–Trinajstić information content (AvgIpc) is 2.95. The van der Waals surface area contributed by atoms with Crippen molar-refractivity contribution < 1.29 is 19.1 Å². The Labute approximate surface area is 171 Å². The standard InChI is InChI=1S/C24H25NO4/c1-6-29-20-11-8-18(9-12-20)14-21-23(26)22(24(27)28-5)17(4)25(21)19-10-7-15(2)16(3)13-19/h7-14H,6H2,1-5H3/b21-14+. The molecule has 1 heterocycles. The van der Waals surface area contributed by atoms with Crippen LogP contribution in [0.3, 0.4) is 0 Å². The van der Waals surface area contributed by atoms with Crippen LogP contribution in [0, 0.1) is 13.8 Å². The molecule has 2 aromatic rings. The fourth-order valence-electron chi connectivity index (χ4n) is 3.34. The predicted molar refractivity (Wildman–Crippen MR) is 114 cm³/mol. The molecule has 0 N–H and O–H groups in total. The number of benzene rings is 2. The Morgan fingerprint density at radius 2 is 1.72 bits per heavy atom. The van der Waals surface area contributed by atoms with E-state index in [1.807, 2.05) is 68.1 Å². The van der Waals surface area contributed by atoms with Gasteiger partial charge in [-0.15, -0.1) is 0 Å². The second-order valence-electron chi connectivity index (χ2n) is 6.92. The number of hydrogen-bond donors (Lipinski definition) is 0. The van der Waals surface area contributed by atoms with Gasteiger partial charge in [0.15, 0.2) is 0 Å². The molecule has 0 saturated carbocycles. The van der Waals surface area contributed by atoms with Crippen molar-refractivity contribution >= 4 is 23.5 Å². The molecule has 0 atom stereocenters. The van der Waals surface area contributed by atoms with E-state index >= 15 is 0 Å². The van der Waals surface area contributed by atoms with E-state index in [1.165, 1.54) is 7.11 Å². The highest BCUT2D eigenvalue weighted by atomic mass is 16.5. The van der Waals surface area contributed by atoms with Crippen molar-refractivity contribution in [1.29, 1.82) is 0 Å². The van der Waals surface area contributed by atoms with E-state index in [2.05, 4.69) is 0 Å². The third-order valence-corrected chi connectivity index (χ3v) is 5.03. The third kappa shape index (κ3) is 3.94. The molecular weight excluding hydrogens is 366 g/mol. The summed E-state index contributed by atoms with van der Waals surface area (Å²) in [4.78, 5) is 27.2. The summed E-state index contributed by atoms with van der Waals surface area (Å²) < 4.78 is 10.3. The molecule has 0 fully saturated rings. The lowest BCUT2D eigenvalue weighted by atomic mass is 10.1. The molecule has 150 valence electrons. The van der Waals surface area contributed by atoms with Crippen molar-refractivity contribution in [2.45, 2.75) is 27.7 Å². The van der Waals surface area contributed by atoms with E-state index in [4.69, 9.17) is 9.47 Å². The van der Waals surface area contributed by atoms with E-state index in [-0.39, 0.29) is 11.4 Å². The molecular formula is C24H25NO4. The zero-order valence-corrected chi connectivity index (χ0v) is 17.4. The number of hydrogen-bond acceptors (Lipinski definition) is 5. The van der Waals surface area contributed by atoms with Crippen molar-refractivity contribution in [2.24, 2.45) is 0 Å². The topological polar surface area (TPSA) is 55.8 Å². The predicted octanol–water partition coefficient (Wildman–Crippen LogP) is 4.58. The molecule has 0 aromatic heterocycles. The van der Waals surface area contributed by atoms with Crippen LogP contribution in [0.5, 0.6) is 5.75 Å². The Balaban J connectivity index is 2.10. The maximum Gasteiger partial charge on any atom is 0.343 e. The summed E-state index contributed by atoms with van der Waals surface area (Å²) in [6.45, 7) is 8.33. The molecule has 5 heteroatoms. The molecule has 0 aliphatic carbocycles. The summed E-state index contributed by atoms with van der Waals surface area (Å²) in [5.41, 5.74) is 4.96. The first-order chi connectivity index (χ1) is 13.9. The summed E-state index contributed by atoms with van der Waals surface area (Å²) >= 11 is 0. The fourth-order valence-corrected chi connectivity index (χ4v) is 3.34. The van der Waals surface area contributed by atoms with E-state index < -0.39 is 5.97 Å². The van der Waals surface area contributed by atoms with Gasteiger partial charge in [0.2, 0.25) is 5.78 Å². The number of carbonyl (C=O) groups excluding carboxylic acids is 2. The number of rotatable bonds is 5. The monoisotopic (exact) mass is 391 g/mol. The summed E-state index contributed by atoms with van der Waals surface area (Å²) in [6.07, 6.45) is 1.78. The van der Waals surface area contributed by atoms with Gasteiger partial charge in [0.05, 0.1) is 19.4 Å². The van der Waals surface area contributed by atoms with Crippen molar-refractivity contribution in [3.05, 3.63) is 76.1 Å². The van der Waals surface area contributed by atoms with Gasteiger partial charge >= 0.3 is 5.97 Å². The summed E-state index contributed by atoms with van der Waals surface area (Å²) in [7, 11) is 1.28. The maximum absolute atomic E-state index is 13.1. The minimum Gasteiger partial charge on any atom is -0.494 e. The lowest BCUT2D eigenvalue weighted by Gasteiger charge is -2.22. The molecule has 0 unspecified atom stereocenters.